The second kappa shape index (κ2) is 5.00. The predicted octanol–water partition coefficient (Wildman–Crippen LogP) is 1.50. The van der Waals surface area contributed by atoms with E-state index in [1.54, 1.807) is 45.9 Å². The summed E-state index contributed by atoms with van der Waals surface area (Å²) in [7, 11) is 0. The molecule has 1 heterocycles. The number of carboxylic acid groups (broad SMARTS) is 1. The highest BCUT2D eigenvalue weighted by Crippen LogP contribution is 2.38. The van der Waals surface area contributed by atoms with Gasteiger partial charge >= 0.3 is 0 Å². The molecule has 0 amide bonds. The van der Waals surface area contributed by atoms with Gasteiger partial charge < -0.3 is 20.0 Å². The predicted molar refractivity (Wildman–Crippen MR) is 76.7 cm³/mol. The average Bonchev–Trinajstić information content (AvgIpc) is 2.52. The minimum atomic E-state index is -1.27. The molecule has 1 aromatic carbocycles. The van der Waals surface area contributed by atoms with Gasteiger partial charge in [0.25, 0.3) is 0 Å². The lowest BCUT2D eigenvalue weighted by atomic mass is 9.93. The van der Waals surface area contributed by atoms with Gasteiger partial charge in [-0.15, -0.1) is 0 Å². The number of carbonyl (C=O) groups is 2. The fourth-order valence-corrected chi connectivity index (χ4v) is 2.51. The number of carbonyl (C=O) groups excluding carboxylic acids is 2. The van der Waals surface area contributed by atoms with Gasteiger partial charge in [-0.2, -0.15) is 0 Å². The van der Waals surface area contributed by atoms with E-state index in [1.807, 2.05) is 0 Å². The Morgan fingerprint density at radius 2 is 1.81 bits per heavy atom. The SMILES string of the molecule is CC1(C)OC(C)(C)/C(=C\Nc2ccccc2C(=O)[O-])C1=O. The molecule has 5 nitrogen and oxygen atoms in total. The van der Waals surface area contributed by atoms with Crippen LogP contribution < -0.4 is 10.4 Å². The molecule has 2 rings (SSSR count). The summed E-state index contributed by atoms with van der Waals surface area (Å²) in [5.41, 5.74) is -0.730. The summed E-state index contributed by atoms with van der Waals surface area (Å²) in [4.78, 5) is 23.4. The lowest BCUT2D eigenvalue weighted by Crippen LogP contribution is -2.29. The molecule has 0 bridgehead atoms. The van der Waals surface area contributed by atoms with Crippen molar-refractivity contribution in [2.45, 2.75) is 38.9 Å². The van der Waals surface area contributed by atoms with Crippen molar-refractivity contribution in [3.63, 3.8) is 0 Å². The van der Waals surface area contributed by atoms with E-state index >= 15 is 0 Å². The third kappa shape index (κ3) is 2.83. The third-order valence-electron chi connectivity index (χ3n) is 3.47. The number of carboxylic acids is 1. The average molecular weight is 288 g/mol. The topological polar surface area (TPSA) is 78.5 Å². The largest absolute Gasteiger partial charge is 0.545 e. The van der Waals surface area contributed by atoms with Crippen LogP contribution in [0.3, 0.4) is 0 Å². The zero-order valence-electron chi connectivity index (χ0n) is 12.5. The van der Waals surface area contributed by atoms with Gasteiger partial charge in [-0.25, -0.2) is 0 Å². The van der Waals surface area contributed by atoms with Gasteiger partial charge in [-0.3, -0.25) is 4.79 Å². The van der Waals surface area contributed by atoms with Crippen molar-refractivity contribution < 1.29 is 19.4 Å². The second-order valence-corrected chi connectivity index (χ2v) is 5.99. The van der Waals surface area contributed by atoms with Crippen LogP contribution in [0.1, 0.15) is 38.1 Å². The van der Waals surface area contributed by atoms with Gasteiger partial charge in [-0.1, -0.05) is 18.2 Å². The summed E-state index contributed by atoms with van der Waals surface area (Å²) in [6, 6.07) is 6.37. The number of anilines is 1. The number of hydrogen-bond acceptors (Lipinski definition) is 5. The first-order valence-electron chi connectivity index (χ1n) is 6.68. The number of benzene rings is 1. The summed E-state index contributed by atoms with van der Waals surface area (Å²) >= 11 is 0. The van der Waals surface area contributed by atoms with Crippen molar-refractivity contribution in [1.82, 2.24) is 0 Å². The van der Waals surface area contributed by atoms with Crippen molar-refractivity contribution in [1.29, 1.82) is 0 Å². The van der Waals surface area contributed by atoms with Gasteiger partial charge in [0, 0.05) is 23.0 Å². The van der Waals surface area contributed by atoms with E-state index < -0.39 is 17.2 Å². The maximum Gasteiger partial charge on any atom is 0.194 e. The monoisotopic (exact) mass is 288 g/mol. The van der Waals surface area contributed by atoms with Crippen molar-refractivity contribution >= 4 is 17.4 Å². The number of rotatable bonds is 3. The van der Waals surface area contributed by atoms with Crippen molar-refractivity contribution in [2.75, 3.05) is 5.32 Å². The third-order valence-corrected chi connectivity index (χ3v) is 3.47. The highest BCUT2D eigenvalue weighted by atomic mass is 16.5. The smallest absolute Gasteiger partial charge is 0.194 e. The number of hydrogen-bond donors (Lipinski definition) is 1. The first kappa shape index (κ1) is 15.3. The van der Waals surface area contributed by atoms with Gasteiger partial charge in [0.2, 0.25) is 0 Å². The molecule has 1 aromatic rings. The van der Waals surface area contributed by atoms with E-state index in [9.17, 15) is 14.7 Å². The summed E-state index contributed by atoms with van der Waals surface area (Å²) in [6.45, 7) is 7.04. The van der Waals surface area contributed by atoms with Crippen LogP contribution in [0.2, 0.25) is 0 Å². The lowest BCUT2D eigenvalue weighted by molar-refractivity contribution is -0.254. The maximum absolute atomic E-state index is 12.3. The zero-order chi connectivity index (χ0) is 15.8. The minimum absolute atomic E-state index is 0.0396. The van der Waals surface area contributed by atoms with E-state index in [-0.39, 0.29) is 11.3 Å². The zero-order valence-corrected chi connectivity index (χ0v) is 12.5. The Hall–Kier alpha value is -2.14. The molecule has 21 heavy (non-hydrogen) atoms. The maximum atomic E-state index is 12.3. The number of ketones is 1. The van der Waals surface area contributed by atoms with Crippen molar-refractivity contribution in [2.24, 2.45) is 0 Å². The molecule has 0 aromatic heterocycles. The molecule has 0 unspecified atom stereocenters. The Morgan fingerprint density at radius 1 is 1.19 bits per heavy atom. The number of ether oxygens (including phenoxy) is 1. The summed E-state index contributed by atoms with van der Waals surface area (Å²) in [5.74, 6) is -1.39. The quantitative estimate of drug-likeness (QED) is 0.853. The Labute approximate surface area is 123 Å². The molecule has 5 heteroatoms. The van der Waals surface area contributed by atoms with Crippen LogP contribution >= 0.6 is 0 Å². The number of aromatic carboxylic acids is 1. The van der Waals surface area contributed by atoms with E-state index in [0.29, 0.717) is 11.3 Å². The van der Waals surface area contributed by atoms with Crippen LogP contribution in [0.15, 0.2) is 36.0 Å². The summed E-state index contributed by atoms with van der Waals surface area (Å²) < 4.78 is 5.74. The molecule has 112 valence electrons. The van der Waals surface area contributed by atoms with Gasteiger partial charge in [0.15, 0.2) is 5.78 Å². The minimum Gasteiger partial charge on any atom is -0.545 e. The normalized spacial score (nSPS) is 21.5. The van der Waals surface area contributed by atoms with Crippen LogP contribution in [0.25, 0.3) is 0 Å². The molecular weight excluding hydrogens is 270 g/mol. The van der Waals surface area contributed by atoms with Crippen LogP contribution in [-0.4, -0.2) is 23.0 Å². The van der Waals surface area contributed by atoms with Crippen LogP contribution in [0, 0.1) is 0 Å². The highest BCUT2D eigenvalue weighted by Gasteiger charge is 2.49. The standard InChI is InChI=1S/C16H19NO4/c1-15(2)11(13(18)16(3,4)21-15)9-17-12-8-6-5-7-10(12)14(19)20/h5-9,17H,1-4H3,(H,19,20)/p-1/b11-9-. The second-order valence-electron chi connectivity index (χ2n) is 5.99. The Balaban J connectivity index is 2.34. The van der Waals surface area contributed by atoms with E-state index in [4.69, 9.17) is 4.74 Å². The molecule has 1 saturated heterocycles. The van der Waals surface area contributed by atoms with Crippen LogP contribution in [-0.2, 0) is 9.53 Å². The summed E-state index contributed by atoms with van der Waals surface area (Å²) in [5, 5.41) is 13.9. The molecule has 0 radical (unpaired) electrons. The van der Waals surface area contributed by atoms with E-state index in [0.717, 1.165) is 0 Å². The summed E-state index contributed by atoms with van der Waals surface area (Å²) in [6.07, 6.45) is 1.51. The van der Waals surface area contributed by atoms with Crippen molar-refractivity contribution in [3.8, 4) is 0 Å². The molecule has 1 aliphatic heterocycles. The highest BCUT2D eigenvalue weighted by molar-refractivity contribution is 6.05. The molecule has 1 N–H and O–H groups in total. The van der Waals surface area contributed by atoms with Gasteiger partial charge in [0.05, 0.1) is 11.6 Å². The fraction of sp³-hybridized carbons (Fsp3) is 0.375. The van der Waals surface area contributed by atoms with Crippen molar-refractivity contribution in [3.05, 3.63) is 41.6 Å². The molecular formula is C16H18NO4-. The lowest BCUT2D eigenvalue weighted by Gasteiger charge is -2.22. The molecule has 1 aliphatic rings. The number of Topliss-reactive ketones (excluding diaryl/α,β-unsaturated/α-hetero) is 1. The number of nitrogens with one attached hydrogen (secondary N) is 1. The molecule has 0 spiro atoms. The Kier molecular flexibility index (Phi) is 3.63. The number of para-hydroxylation sites is 1. The fourth-order valence-electron chi connectivity index (χ4n) is 2.51. The van der Waals surface area contributed by atoms with E-state index in [1.165, 1.54) is 12.3 Å². The van der Waals surface area contributed by atoms with Gasteiger partial charge in [-0.05, 0) is 33.8 Å². The Bertz CT molecular complexity index is 629. The van der Waals surface area contributed by atoms with Crippen LogP contribution in [0.4, 0.5) is 5.69 Å². The van der Waals surface area contributed by atoms with Gasteiger partial charge in [0.1, 0.15) is 5.60 Å². The molecule has 0 atom stereocenters. The Morgan fingerprint density at radius 3 is 2.33 bits per heavy atom. The van der Waals surface area contributed by atoms with E-state index in [2.05, 4.69) is 5.32 Å². The molecule has 0 saturated carbocycles. The molecule has 0 aliphatic carbocycles. The first-order chi connectivity index (χ1) is 9.65. The van der Waals surface area contributed by atoms with Crippen LogP contribution in [0.5, 0.6) is 0 Å². The molecule has 1 fully saturated rings. The first-order valence-corrected chi connectivity index (χ1v) is 6.68.